The fourth-order valence-corrected chi connectivity index (χ4v) is 2.74. The summed E-state index contributed by atoms with van der Waals surface area (Å²) in [5, 5.41) is 4.11. The minimum Gasteiger partial charge on any atom is -0.293 e. The van der Waals surface area contributed by atoms with Gasteiger partial charge in [0.15, 0.2) is 0 Å². The van der Waals surface area contributed by atoms with Gasteiger partial charge in [-0.15, -0.1) is 0 Å². The van der Waals surface area contributed by atoms with Crippen molar-refractivity contribution in [2.45, 2.75) is 12.6 Å². The highest BCUT2D eigenvalue weighted by Gasteiger charge is 2.24. The normalized spacial score (nSPS) is 12.4. The molecule has 1 unspecified atom stereocenters. The first-order valence-corrected chi connectivity index (χ1v) is 6.93. The predicted octanol–water partition coefficient (Wildman–Crippen LogP) is 1.91. The summed E-state index contributed by atoms with van der Waals surface area (Å²) in [4.78, 5) is 14.0. The molecule has 1 amide bonds. The smallest absolute Gasteiger partial charge is 0.255 e. The van der Waals surface area contributed by atoms with Gasteiger partial charge in [-0.1, -0.05) is 30.3 Å². The van der Waals surface area contributed by atoms with Crippen molar-refractivity contribution in [1.29, 1.82) is 0 Å². The molecule has 0 saturated carbocycles. The summed E-state index contributed by atoms with van der Waals surface area (Å²) < 4.78 is 0. The van der Waals surface area contributed by atoms with Gasteiger partial charge in [0.1, 0.15) is 6.04 Å². The van der Waals surface area contributed by atoms with Crippen LogP contribution in [-0.2, 0) is 11.3 Å². The van der Waals surface area contributed by atoms with E-state index in [2.05, 4.69) is 16.9 Å². The van der Waals surface area contributed by atoms with E-state index in [1.807, 2.05) is 47.7 Å². The van der Waals surface area contributed by atoms with Crippen molar-refractivity contribution in [2.24, 2.45) is 5.84 Å². The molecule has 4 nitrogen and oxygen atoms in total. The maximum absolute atomic E-state index is 12.0. The Morgan fingerprint density at radius 1 is 1.37 bits per heavy atom. The first-order chi connectivity index (χ1) is 9.22. The second kappa shape index (κ2) is 6.47. The Morgan fingerprint density at radius 2 is 2.11 bits per heavy atom. The van der Waals surface area contributed by atoms with E-state index in [0.29, 0.717) is 6.54 Å². The highest BCUT2D eigenvalue weighted by atomic mass is 32.1. The number of hydrogen-bond acceptors (Lipinski definition) is 4. The number of nitrogens with one attached hydrogen (secondary N) is 1. The molecule has 1 heterocycles. The molecule has 0 radical (unpaired) electrons. The SMILES string of the molecule is CN(Cc1ccsc1)C(C(=O)NN)c1ccccc1. The third-order valence-electron chi connectivity index (χ3n) is 2.96. The maximum Gasteiger partial charge on any atom is 0.255 e. The summed E-state index contributed by atoms with van der Waals surface area (Å²) in [6, 6.07) is 11.3. The number of hydrogen-bond donors (Lipinski definition) is 2. The Labute approximate surface area is 116 Å². The molecule has 0 aliphatic carbocycles. The van der Waals surface area contributed by atoms with Crippen molar-refractivity contribution in [1.82, 2.24) is 10.3 Å². The zero-order valence-electron chi connectivity index (χ0n) is 10.7. The van der Waals surface area contributed by atoms with Gasteiger partial charge < -0.3 is 0 Å². The van der Waals surface area contributed by atoms with Gasteiger partial charge in [-0.2, -0.15) is 11.3 Å². The zero-order chi connectivity index (χ0) is 13.7. The van der Waals surface area contributed by atoms with Crippen LogP contribution in [0.25, 0.3) is 0 Å². The molecule has 0 fully saturated rings. The molecule has 0 saturated heterocycles. The number of likely N-dealkylation sites (N-methyl/N-ethyl adjacent to an activating group) is 1. The number of carbonyl (C=O) groups is 1. The number of amides is 1. The summed E-state index contributed by atoms with van der Waals surface area (Å²) in [6.07, 6.45) is 0. The van der Waals surface area contributed by atoms with E-state index in [-0.39, 0.29) is 11.9 Å². The number of rotatable bonds is 5. The van der Waals surface area contributed by atoms with E-state index < -0.39 is 0 Å². The molecule has 19 heavy (non-hydrogen) atoms. The molecular formula is C14H17N3OS. The standard InChI is InChI=1S/C14H17N3OS/c1-17(9-11-7-8-19-10-11)13(14(18)16-15)12-5-3-2-4-6-12/h2-8,10,13H,9,15H2,1H3,(H,16,18). The summed E-state index contributed by atoms with van der Waals surface area (Å²) in [6.45, 7) is 0.705. The van der Waals surface area contributed by atoms with Gasteiger partial charge in [0.2, 0.25) is 0 Å². The molecule has 2 aromatic rings. The van der Waals surface area contributed by atoms with Gasteiger partial charge in [0, 0.05) is 6.54 Å². The van der Waals surface area contributed by atoms with Crippen molar-refractivity contribution in [3.05, 3.63) is 58.3 Å². The van der Waals surface area contributed by atoms with Crippen LogP contribution in [0.3, 0.4) is 0 Å². The van der Waals surface area contributed by atoms with Crippen molar-refractivity contribution < 1.29 is 4.79 Å². The maximum atomic E-state index is 12.0. The average Bonchev–Trinajstić information content (AvgIpc) is 2.93. The summed E-state index contributed by atoms with van der Waals surface area (Å²) in [5.74, 6) is 5.09. The molecule has 0 aliphatic rings. The topological polar surface area (TPSA) is 58.4 Å². The molecule has 100 valence electrons. The number of carbonyl (C=O) groups excluding carboxylic acids is 1. The average molecular weight is 275 g/mol. The minimum atomic E-state index is -0.383. The fourth-order valence-electron chi connectivity index (χ4n) is 2.08. The van der Waals surface area contributed by atoms with Crippen LogP contribution in [0.1, 0.15) is 17.2 Å². The van der Waals surface area contributed by atoms with Crippen LogP contribution in [0.15, 0.2) is 47.2 Å². The highest BCUT2D eigenvalue weighted by Crippen LogP contribution is 2.22. The molecule has 1 aromatic heterocycles. The third-order valence-corrected chi connectivity index (χ3v) is 3.69. The first-order valence-electron chi connectivity index (χ1n) is 5.99. The van der Waals surface area contributed by atoms with E-state index in [1.165, 1.54) is 5.56 Å². The largest absolute Gasteiger partial charge is 0.293 e. The van der Waals surface area contributed by atoms with Gasteiger partial charge in [0.05, 0.1) is 0 Å². The van der Waals surface area contributed by atoms with Crippen LogP contribution in [0, 0.1) is 0 Å². The zero-order valence-corrected chi connectivity index (χ0v) is 11.6. The molecule has 0 bridgehead atoms. The fraction of sp³-hybridized carbons (Fsp3) is 0.214. The monoisotopic (exact) mass is 275 g/mol. The lowest BCUT2D eigenvalue weighted by Crippen LogP contribution is -2.41. The van der Waals surface area contributed by atoms with Crippen molar-refractivity contribution >= 4 is 17.2 Å². The van der Waals surface area contributed by atoms with Gasteiger partial charge in [0.25, 0.3) is 5.91 Å². The van der Waals surface area contributed by atoms with E-state index >= 15 is 0 Å². The third kappa shape index (κ3) is 3.41. The lowest BCUT2D eigenvalue weighted by Gasteiger charge is -2.26. The quantitative estimate of drug-likeness (QED) is 0.498. The highest BCUT2D eigenvalue weighted by molar-refractivity contribution is 7.07. The number of hydrazine groups is 1. The summed E-state index contributed by atoms with van der Waals surface area (Å²) in [5.41, 5.74) is 4.37. The number of thiophene rings is 1. The Balaban J connectivity index is 2.20. The molecule has 1 aromatic carbocycles. The number of nitrogens with zero attached hydrogens (tertiary/aromatic N) is 1. The second-order valence-electron chi connectivity index (χ2n) is 4.37. The minimum absolute atomic E-state index is 0.205. The van der Waals surface area contributed by atoms with Crippen molar-refractivity contribution in [2.75, 3.05) is 7.05 Å². The van der Waals surface area contributed by atoms with E-state index in [9.17, 15) is 4.79 Å². The van der Waals surface area contributed by atoms with Gasteiger partial charge in [-0.25, -0.2) is 5.84 Å². The van der Waals surface area contributed by atoms with Crippen molar-refractivity contribution in [3.63, 3.8) is 0 Å². The molecule has 2 rings (SSSR count). The van der Waals surface area contributed by atoms with Crippen LogP contribution in [-0.4, -0.2) is 17.9 Å². The first kappa shape index (κ1) is 13.7. The van der Waals surface area contributed by atoms with Gasteiger partial charge in [-0.05, 0) is 35.0 Å². The Hall–Kier alpha value is -1.69. The summed E-state index contributed by atoms with van der Waals surface area (Å²) >= 11 is 1.65. The lowest BCUT2D eigenvalue weighted by molar-refractivity contribution is -0.126. The van der Waals surface area contributed by atoms with E-state index in [1.54, 1.807) is 11.3 Å². The van der Waals surface area contributed by atoms with E-state index in [0.717, 1.165) is 5.56 Å². The van der Waals surface area contributed by atoms with Gasteiger partial charge in [-0.3, -0.25) is 15.1 Å². The van der Waals surface area contributed by atoms with Crippen LogP contribution >= 0.6 is 11.3 Å². The molecule has 0 spiro atoms. The lowest BCUT2D eigenvalue weighted by atomic mass is 10.0. The predicted molar refractivity (Wildman–Crippen MR) is 77.3 cm³/mol. The van der Waals surface area contributed by atoms with Crippen LogP contribution in [0.4, 0.5) is 0 Å². The summed E-state index contributed by atoms with van der Waals surface area (Å²) in [7, 11) is 1.92. The second-order valence-corrected chi connectivity index (χ2v) is 5.15. The molecule has 0 aliphatic heterocycles. The number of benzene rings is 1. The molecule has 1 atom stereocenters. The van der Waals surface area contributed by atoms with Crippen LogP contribution in [0.5, 0.6) is 0 Å². The van der Waals surface area contributed by atoms with Crippen molar-refractivity contribution in [3.8, 4) is 0 Å². The Bertz CT molecular complexity index is 513. The van der Waals surface area contributed by atoms with Gasteiger partial charge >= 0.3 is 0 Å². The Morgan fingerprint density at radius 3 is 2.68 bits per heavy atom. The van der Waals surface area contributed by atoms with Crippen LogP contribution < -0.4 is 11.3 Å². The van der Waals surface area contributed by atoms with Crippen LogP contribution in [0.2, 0.25) is 0 Å². The number of nitrogens with two attached hydrogens (primary N) is 1. The molecule has 3 N–H and O–H groups in total. The molecule has 5 heteroatoms. The van der Waals surface area contributed by atoms with E-state index in [4.69, 9.17) is 5.84 Å². The molecular weight excluding hydrogens is 258 g/mol. The Kier molecular flexibility index (Phi) is 4.68.